The van der Waals surface area contributed by atoms with Gasteiger partial charge in [0.2, 0.25) is 0 Å². The average Bonchev–Trinajstić information content (AvgIpc) is 3.05. The molecule has 0 bridgehead atoms. The molecule has 1 amide bonds. The van der Waals surface area contributed by atoms with Crippen LogP contribution in [0.4, 0.5) is 0 Å². The second kappa shape index (κ2) is 8.80. The highest BCUT2D eigenvalue weighted by Gasteiger charge is 2.10. The quantitative estimate of drug-likeness (QED) is 0.643. The number of aromatic nitrogens is 3. The van der Waals surface area contributed by atoms with Crippen LogP contribution in [0.25, 0.3) is 11.0 Å². The lowest BCUT2D eigenvalue weighted by molar-refractivity contribution is 0.0938. The second-order valence-corrected chi connectivity index (χ2v) is 7.63. The molecule has 5 heteroatoms. The summed E-state index contributed by atoms with van der Waals surface area (Å²) in [5.74, 6) is 0.701. The normalized spacial score (nSPS) is 12.4. The van der Waals surface area contributed by atoms with E-state index >= 15 is 0 Å². The van der Waals surface area contributed by atoms with Gasteiger partial charge in [-0.15, -0.1) is 5.10 Å². The zero-order chi connectivity index (χ0) is 19.2. The first-order valence-electron chi connectivity index (χ1n) is 9.71. The minimum absolute atomic E-state index is 0.00944. The van der Waals surface area contributed by atoms with Crippen LogP contribution < -0.4 is 5.32 Å². The topological polar surface area (TPSA) is 59.8 Å². The second-order valence-electron chi connectivity index (χ2n) is 7.63. The van der Waals surface area contributed by atoms with Crippen LogP contribution in [0.1, 0.15) is 56.0 Å². The number of carbonyl (C=O) groups excluding carboxylic acids is 1. The summed E-state index contributed by atoms with van der Waals surface area (Å²) in [6.07, 6.45) is 3.36. The zero-order valence-electron chi connectivity index (χ0n) is 16.4. The summed E-state index contributed by atoms with van der Waals surface area (Å²) in [6.45, 7) is 7.16. The van der Waals surface area contributed by atoms with E-state index in [-0.39, 0.29) is 11.9 Å². The molecular weight excluding hydrogens is 336 g/mol. The van der Waals surface area contributed by atoms with Gasteiger partial charge in [-0.3, -0.25) is 4.79 Å². The predicted molar refractivity (Wildman–Crippen MR) is 109 cm³/mol. The largest absolute Gasteiger partial charge is 0.350 e. The summed E-state index contributed by atoms with van der Waals surface area (Å²) < 4.78 is 1.88. The van der Waals surface area contributed by atoms with Crippen LogP contribution in [0.2, 0.25) is 0 Å². The van der Waals surface area contributed by atoms with Crippen molar-refractivity contribution in [2.45, 2.75) is 52.6 Å². The Morgan fingerprint density at radius 3 is 2.52 bits per heavy atom. The van der Waals surface area contributed by atoms with Gasteiger partial charge in [-0.25, -0.2) is 4.68 Å². The lowest BCUT2D eigenvalue weighted by Gasteiger charge is -2.14. The number of carbonyl (C=O) groups is 1. The molecule has 3 aromatic rings. The predicted octanol–water partition coefficient (Wildman–Crippen LogP) is 4.42. The van der Waals surface area contributed by atoms with E-state index in [1.54, 1.807) is 0 Å². The smallest absolute Gasteiger partial charge is 0.251 e. The molecular formula is C22H28N4O. The fourth-order valence-electron chi connectivity index (χ4n) is 3.18. The van der Waals surface area contributed by atoms with Crippen LogP contribution in [0.5, 0.6) is 0 Å². The SMILES string of the molecule is CC(C)CCC[C@@H](C)NC(=O)c1ccc(Cn2nnc3ccccc32)cc1. The van der Waals surface area contributed by atoms with E-state index in [1.165, 1.54) is 6.42 Å². The molecule has 0 aliphatic heterocycles. The number of rotatable bonds is 8. The van der Waals surface area contributed by atoms with Crippen molar-refractivity contribution in [3.63, 3.8) is 0 Å². The van der Waals surface area contributed by atoms with Crippen molar-refractivity contribution in [2.75, 3.05) is 0 Å². The van der Waals surface area contributed by atoms with Crippen LogP contribution in [0.3, 0.4) is 0 Å². The molecule has 27 heavy (non-hydrogen) atoms. The first kappa shape index (κ1) is 19.1. The molecule has 1 heterocycles. The lowest BCUT2D eigenvalue weighted by atomic mass is 10.0. The lowest BCUT2D eigenvalue weighted by Crippen LogP contribution is -2.32. The number of fused-ring (bicyclic) bond motifs is 1. The van der Waals surface area contributed by atoms with Gasteiger partial charge in [-0.2, -0.15) is 0 Å². The van der Waals surface area contributed by atoms with E-state index < -0.39 is 0 Å². The van der Waals surface area contributed by atoms with E-state index in [4.69, 9.17) is 0 Å². The van der Waals surface area contributed by atoms with E-state index in [2.05, 4.69) is 36.4 Å². The Kier molecular flexibility index (Phi) is 6.22. The Bertz CT molecular complexity index is 883. The third-order valence-corrected chi connectivity index (χ3v) is 4.76. The number of hydrogen-bond donors (Lipinski definition) is 1. The number of amides is 1. The van der Waals surface area contributed by atoms with Gasteiger partial charge in [0.05, 0.1) is 12.1 Å². The average molecular weight is 364 g/mol. The molecule has 0 fully saturated rings. The molecule has 5 nitrogen and oxygen atoms in total. The highest BCUT2D eigenvalue weighted by atomic mass is 16.1. The number of benzene rings is 2. The van der Waals surface area contributed by atoms with Gasteiger partial charge in [0.1, 0.15) is 5.52 Å². The number of nitrogens with one attached hydrogen (secondary N) is 1. The van der Waals surface area contributed by atoms with Crippen LogP contribution in [0, 0.1) is 5.92 Å². The molecule has 0 saturated carbocycles. The van der Waals surface area contributed by atoms with Crippen molar-refractivity contribution in [1.29, 1.82) is 0 Å². The maximum atomic E-state index is 12.4. The van der Waals surface area contributed by atoms with Crippen LogP contribution in [-0.4, -0.2) is 26.9 Å². The Balaban J connectivity index is 1.57. The van der Waals surface area contributed by atoms with Crippen molar-refractivity contribution in [3.8, 4) is 0 Å². The molecule has 1 aromatic heterocycles. The highest BCUT2D eigenvalue weighted by Crippen LogP contribution is 2.13. The van der Waals surface area contributed by atoms with E-state index in [9.17, 15) is 4.79 Å². The Morgan fingerprint density at radius 1 is 1.04 bits per heavy atom. The van der Waals surface area contributed by atoms with Gasteiger partial charge in [0.25, 0.3) is 5.91 Å². The molecule has 0 radical (unpaired) electrons. The number of hydrogen-bond acceptors (Lipinski definition) is 3. The zero-order valence-corrected chi connectivity index (χ0v) is 16.4. The fraction of sp³-hybridized carbons (Fsp3) is 0.409. The maximum Gasteiger partial charge on any atom is 0.251 e. The molecule has 0 unspecified atom stereocenters. The van der Waals surface area contributed by atoms with Gasteiger partial charge in [-0.1, -0.05) is 56.2 Å². The Morgan fingerprint density at radius 2 is 1.78 bits per heavy atom. The first-order valence-corrected chi connectivity index (χ1v) is 9.71. The first-order chi connectivity index (χ1) is 13.0. The molecule has 3 rings (SSSR count). The van der Waals surface area contributed by atoms with Crippen molar-refractivity contribution in [2.24, 2.45) is 5.92 Å². The summed E-state index contributed by atoms with van der Waals surface area (Å²) in [5.41, 5.74) is 3.68. The number of nitrogens with zero attached hydrogens (tertiary/aromatic N) is 3. The van der Waals surface area contributed by atoms with Crippen molar-refractivity contribution in [1.82, 2.24) is 20.3 Å². The summed E-state index contributed by atoms with van der Waals surface area (Å²) in [7, 11) is 0. The molecule has 0 aliphatic carbocycles. The highest BCUT2D eigenvalue weighted by molar-refractivity contribution is 5.94. The third kappa shape index (κ3) is 5.16. The van der Waals surface area contributed by atoms with Crippen molar-refractivity contribution in [3.05, 3.63) is 59.7 Å². The minimum atomic E-state index is -0.00944. The molecule has 0 saturated heterocycles. The summed E-state index contributed by atoms with van der Waals surface area (Å²) in [4.78, 5) is 12.4. The number of para-hydroxylation sites is 1. The summed E-state index contributed by atoms with van der Waals surface area (Å²) >= 11 is 0. The van der Waals surface area contributed by atoms with Crippen molar-refractivity contribution >= 4 is 16.9 Å². The van der Waals surface area contributed by atoms with Crippen molar-refractivity contribution < 1.29 is 4.79 Å². The van der Waals surface area contributed by atoms with E-state index in [0.717, 1.165) is 29.4 Å². The maximum absolute atomic E-state index is 12.4. The van der Waals surface area contributed by atoms with Gasteiger partial charge >= 0.3 is 0 Å². The molecule has 1 atom stereocenters. The third-order valence-electron chi connectivity index (χ3n) is 4.76. The monoisotopic (exact) mass is 364 g/mol. The molecule has 0 spiro atoms. The Hall–Kier alpha value is -2.69. The van der Waals surface area contributed by atoms with Gasteiger partial charge in [0.15, 0.2) is 0 Å². The molecule has 0 aliphatic rings. The van der Waals surface area contributed by atoms with E-state index in [1.807, 2.05) is 53.2 Å². The molecule has 1 N–H and O–H groups in total. The van der Waals surface area contributed by atoms with Gasteiger partial charge in [-0.05, 0) is 49.1 Å². The standard InChI is InChI=1S/C22H28N4O/c1-16(2)7-6-8-17(3)23-22(27)19-13-11-18(12-14-19)15-26-21-10-5-4-9-20(21)24-25-26/h4-5,9-14,16-17H,6-8,15H2,1-3H3,(H,23,27)/t17-/m1/s1. The summed E-state index contributed by atoms with van der Waals surface area (Å²) in [6, 6.07) is 15.8. The molecule has 142 valence electrons. The summed E-state index contributed by atoms with van der Waals surface area (Å²) in [5, 5.41) is 11.5. The van der Waals surface area contributed by atoms with Crippen LogP contribution in [0.15, 0.2) is 48.5 Å². The van der Waals surface area contributed by atoms with Gasteiger partial charge < -0.3 is 5.32 Å². The Labute approximate surface area is 160 Å². The van der Waals surface area contributed by atoms with E-state index in [0.29, 0.717) is 18.0 Å². The fourth-order valence-corrected chi connectivity index (χ4v) is 3.18. The minimum Gasteiger partial charge on any atom is -0.350 e. The van der Waals surface area contributed by atoms with Crippen LogP contribution >= 0.6 is 0 Å². The molecule has 2 aromatic carbocycles. The van der Waals surface area contributed by atoms with Crippen LogP contribution in [-0.2, 0) is 6.54 Å². The van der Waals surface area contributed by atoms with Gasteiger partial charge in [0, 0.05) is 11.6 Å².